The molecule has 56 heavy (non-hydrogen) atoms. The molecule has 302 valence electrons. The fraction of sp³-hybridized carbons (Fsp3) is 0.512. The Labute approximate surface area is 338 Å². The number of pyridine rings is 1. The van der Waals surface area contributed by atoms with E-state index in [1.165, 1.54) is 15.6 Å². The Morgan fingerprint density at radius 3 is 2.62 bits per heavy atom. The summed E-state index contributed by atoms with van der Waals surface area (Å²) in [7, 11) is 3.29. The molecule has 3 atom stereocenters. The summed E-state index contributed by atoms with van der Waals surface area (Å²) in [4.78, 5) is 60.0. The first-order valence-electron chi connectivity index (χ1n) is 19.2. The lowest BCUT2D eigenvalue weighted by Crippen LogP contribution is -2.57. The number of aromatic nitrogens is 3. The van der Waals surface area contributed by atoms with Gasteiger partial charge in [0.15, 0.2) is 0 Å². The van der Waals surface area contributed by atoms with Crippen LogP contribution in [0.15, 0.2) is 41.9 Å². The molecule has 3 amide bonds. The average molecular weight is 806 g/mol. The molecule has 0 aliphatic carbocycles. The first kappa shape index (κ1) is 42.8. The molecule has 1 aliphatic rings. The van der Waals surface area contributed by atoms with E-state index in [-0.39, 0.29) is 42.3 Å². The molecule has 0 saturated carbocycles. The number of carbonyl (C=O) groups is 4. The van der Waals surface area contributed by atoms with Gasteiger partial charge < -0.3 is 19.4 Å². The normalized spacial score (nSPS) is 15.1. The lowest BCUT2D eigenvalue weighted by molar-refractivity contribution is -0.140. The second-order valence-electron chi connectivity index (χ2n) is 15.3. The van der Waals surface area contributed by atoms with Crippen LogP contribution in [-0.4, -0.2) is 93.7 Å². The third kappa shape index (κ3) is 9.97. The van der Waals surface area contributed by atoms with Gasteiger partial charge in [-0.05, 0) is 80.8 Å². The molecule has 13 nitrogen and oxygen atoms in total. The Bertz CT molecular complexity index is 1990. The van der Waals surface area contributed by atoms with Gasteiger partial charge in [-0.2, -0.15) is 0 Å². The lowest BCUT2D eigenvalue weighted by atomic mass is 9.84. The van der Waals surface area contributed by atoms with E-state index in [4.69, 9.17) is 19.4 Å². The first-order valence-corrected chi connectivity index (χ1v) is 20.9. The number of thiazole rings is 1. The predicted molar refractivity (Wildman–Crippen MR) is 222 cm³/mol. The average Bonchev–Trinajstić information content (AvgIpc) is 3.79. The Hall–Kier alpha value is -4.31. The van der Waals surface area contributed by atoms with Gasteiger partial charge in [-0.1, -0.05) is 33.8 Å². The summed E-state index contributed by atoms with van der Waals surface area (Å²) >= 11 is 2.59. The van der Waals surface area contributed by atoms with Crippen molar-refractivity contribution < 1.29 is 28.7 Å². The lowest BCUT2D eigenvalue weighted by Gasteiger charge is -2.32. The van der Waals surface area contributed by atoms with Crippen molar-refractivity contribution in [1.82, 2.24) is 34.6 Å². The molecule has 1 fully saturated rings. The number of benzene rings is 1. The Morgan fingerprint density at radius 1 is 1.18 bits per heavy atom. The number of ether oxygens (including phenoxy) is 2. The minimum atomic E-state index is -0.857. The van der Waals surface area contributed by atoms with Crippen LogP contribution in [0.1, 0.15) is 76.8 Å². The number of amides is 3. The number of aryl methyl sites for hydroxylation is 1. The number of hydrogen-bond acceptors (Lipinski definition) is 11. The predicted octanol–water partition coefficient (Wildman–Crippen LogP) is 6.21. The molecule has 4 aromatic rings. The van der Waals surface area contributed by atoms with Gasteiger partial charge in [0, 0.05) is 79.2 Å². The van der Waals surface area contributed by atoms with Gasteiger partial charge in [0.1, 0.15) is 11.3 Å². The molecule has 1 aliphatic heterocycles. The summed E-state index contributed by atoms with van der Waals surface area (Å²) in [5, 5.41) is 7.81. The molecule has 3 unspecified atom stereocenters. The maximum atomic E-state index is 13.9. The smallest absolute Gasteiger partial charge is 0.293 e. The van der Waals surface area contributed by atoms with Crippen LogP contribution in [0.4, 0.5) is 0 Å². The van der Waals surface area contributed by atoms with Crippen molar-refractivity contribution in [2.75, 3.05) is 33.9 Å². The minimum absolute atomic E-state index is 0.0862. The Morgan fingerprint density at radius 2 is 1.96 bits per heavy atom. The van der Waals surface area contributed by atoms with Crippen molar-refractivity contribution >= 4 is 58.9 Å². The van der Waals surface area contributed by atoms with E-state index in [1.54, 1.807) is 25.4 Å². The van der Waals surface area contributed by atoms with E-state index in [1.807, 2.05) is 32.2 Å². The molecule has 0 radical (unpaired) electrons. The molecular weight excluding hydrogens is 751 g/mol. The number of carbonyl (C=O) groups excluding carboxylic acids is 4. The van der Waals surface area contributed by atoms with Crippen LogP contribution < -0.4 is 10.7 Å². The SMILES string of the molecule is CCn1c(-c2cccnc2C(C)OC)c(CC(C)(C)COC=O)c2cc(-c3csc(CC(NC(=O)C(SN(C)C=O)C(C)C)C(=O)N4CCCCN4)n3)ccc21. The number of hydrogen-bond donors (Lipinski definition) is 2. The monoisotopic (exact) mass is 805 g/mol. The van der Waals surface area contributed by atoms with E-state index in [0.29, 0.717) is 43.9 Å². The number of nitrogens with one attached hydrogen (secondary N) is 2. The van der Waals surface area contributed by atoms with Gasteiger partial charge in [0.25, 0.3) is 12.4 Å². The molecule has 1 saturated heterocycles. The second-order valence-corrected chi connectivity index (χ2v) is 17.5. The van der Waals surface area contributed by atoms with Crippen molar-refractivity contribution in [3.05, 3.63) is 58.2 Å². The highest BCUT2D eigenvalue weighted by molar-refractivity contribution is 7.98. The van der Waals surface area contributed by atoms with Crippen LogP contribution in [0.5, 0.6) is 0 Å². The zero-order valence-electron chi connectivity index (χ0n) is 33.7. The Balaban J connectivity index is 1.55. The van der Waals surface area contributed by atoms with Gasteiger partial charge >= 0.3 is 0 Å². The van der Waals surface area contributed by atoms with Crippen molar-refractivity contribution in [1.29, 1.82) is 0 Å². The summed E-state index contributed by atoms with van der Waals surface area (Å²) in [6.07, 6.45) is 4.89. The van der Waals surface area contributed by atoms with Crippen molar-refractivity contribution in [3.8, 4) is 22.5 Å². The zero-order chi connectivity index (χ0) is 40.6. The molecule has 3 aromatic heterocycles. The fourth-order valence-electron chi connectivity index (χ4n) is 7.15. The summed E-state index contributed by atoms with van der Waals surface area (Å²) < 4.78 is 14.7. The van der Waals surface area contributed by atoms with Crippen molar-refractivity contribution in [3.63, 3.8) is 0 Å². The third-order valence-electron chi connectivity index (χ3n) is 10.0. The number of rotatable bonds is 19. The first-order chi connectivity index (χ1) is 26.8. The van der Waals surface area contributed by atoms with E-state index in [0.717, 1.165) is 69.5 Å². The Kier molecular flexibility index (Phi) is 14.7. The largest absolute Gasteiger partial charge is 0.467 e. The van der Waals surface area contributed by atoms with E-state index in [2.05, 4.69) is 60.3 Å². The second kappa shape index (κ2) is 19.2. The molecule has 1 aromatic carbocycles. The highest BCUT2D eigenvalue weighted by Crippen LogP contribution is 2.42. The zero-order valence-corrected chi connectivity index (χ0v) is 35.3. The summed E-state index contributed by atoms with van der Waals surface area (Å²) in [6.45, 7) is 14.8. The van der Waals surface area contributed by atoms with Crippen LogP contribution in [0.2, 0.25) is 0 Å². The molecule has 0 bridgehead atoms. The quantitative estimate of drug-likeness (QED) is 0.0828. The molecule has 5 rings (SSSR count). The number of fused-ring (bicyclic) bond motifs is 1. The highest BCUT2D eigenvalue weighted by atomic mass is 32.2. The van der Waals surface area contributed by atoms with Crippen molar-refractivity contribution in [2.24, 2.45) is 11.3 Å². The third-order valence-corrected chi connectivity index (χ3v) is 12.3. The molecular formula is C41H55N7O6S2. The van der Waals surface area contributed by atoms with Gasteiger partial charge in [0.05, 0.1) is 34.8 Å². The number of methoxy groups -OCH3 is 1. The summed E-state index contributed by atoms with van der Waals surface area (Å²) in [5.41, 5.74) is 9.52. The fourth-order valence-corrected chi connectivity index (χ4v) is 8.81. The van der Waals surface area contributed by atoms with Gasteiger partial charge in [-0.15, -0.1) is 11.3 Å². The van der Waals surface area contributed by atoms with E-state index in [9.17, 15) is 19.2 Å². The highest BCUT2D eigenvalue weighted by Gasteiger charge is 2.33. The van der Waals surface area contributed by atoms with Crippen LogP contribution in [0.3, 0.4) is 0 Å². The molecule has 2 N–H and O–H groups in total. The van der Waals surface area contributed by atoms with Gasteiger partial charge in [-0.25, -0.2) is 10.4 Å². The summed E-state index contributed by atoms with van der Waals surface area (Å²) in [5.74, 6) is -0.612. The van der Waals surface area contributed by atoms with Crippen LogP contribution in [0.25, 0.3) is 33.4 Å². The van der Waals surface area contributed by atoms with Crippen LogP contribution >= 0.6 is 23.3 Å². The van der Waals surface area contributed by atoms with Gasteiger partial charge in [0.2, 0.25) is 12.3 Å². The number of hydrazine groups is 1. The molecule has 4 heterocycles. The minimum Gasteiger partial charge on any atom is -0.467 e. The van der Waals surface area contributed by atoms with Crippen LogP contribution in [-0.2, 0) is 48.0 Å². The maximum Gasteiger partial charge on any atom is 0.293 e. The maximum absolute atomic E-state index is 13.9. The van der Waals surface area contributed by atoms with E-state index >= 15 is 0 Å². The molecule has 0 spiro atoms. The molecule has 15 heteroatoms. The van der Waals surface area contributed by atoms with Crippen molar-refractivity contribution in [2.45, 2.75) is 91.2 Å². The topological polar surface area (TPSA) is 148 Å². The van der Waals surface area contributed by atoms with E-state index < -0.39 is 11.3 Å². The standard InChI is InChI=1S/C41H55N7O6S2/c1-9-47-34-15-14-28(19-30(34)31(21-41(5,6)23-54-25-50)37(47)29-13-12-16-42-36(29)27(4)53-8)33-22-55-35(44-33)20-32(40(52)48-18-11-10-17-43-48)45-39(51)38(26(2)3)56-46(7)24-49/h12-16,19,22,24-27,32,38,43H,9-11,17-18,20-21,23H2,1-8H3,(H,45,51). The van der Waals surface area contributed by atoms with Gasteiger partial charge in [-0.3, -0.25) is 33.5 Å². The number of nitrogens with zero attached hydrogens (tertiary/aromatic N) is 5. The van der Waals surface area contributed by atoms with Crippen LogP contribution in [0, 0.1) is 11.3 Å². The summed E-state index contributed by atoms with van der Waals surface area (Å²) in [6, 6.07) is 9.53.